The minimum absolute atomic E-state index is 0.629. The molecule has 1 rings (SSSR count). The van der Waals surface area contributed by atoms with Crippen LogP contribution in [0.4, 0.5) is 0 Å². The van der Waals surface area contributed by atoms with Crippen LogP contribution in [0.15, 0.2) is 18.2 Å². The predicted molar refractivity (Wildman–Crippen MR) is 84.6 cm³/mol. The Kier molecular flexibility index (Phi) is 9.11. The van der Waals surface area contributed by atoms with Crippen molar-refractivity contribution < 1.29 is 4.74 Å². The fraction of sp³-hybridized carbons (Fsp3) is 0.625. The van der Waals surface area contributed by atoms with Gasteiger partial charge in [0, 0.05) is 11.1 Å². The molecule has 0 spiro atoms. The molecule has 108 valence electrons. The molecule has 0 aromatic heterocycles. The molecule has 1 nitrogen and oxygen atoms in total. The standard InChI is InChI=1S/C16H24Cl2O/c1-2-3-4-5-6-7-8-9-12-19-16-13-14(17)10-11-15(16)18/h10-11,13H,2-9,12H2,1H3. The van der Waals surface area contributed by atoms with Crippen molar-refractivity contribution in [1.29, 1.82) is 0 Å². The molecule has 19 heavy (non-hydrogen) atoms. The summed E-state index contributed by atoms with van der Waals surface area (Å²) in [4.78, 5) is 0. The molecule has 0 atom stereocenters. The average molecular weight is 303 g/mol. The highest BCUT2D eigenvalue weighted by molar-refractivity contribution is 6.34. The van der Waals surface area contributed by atoms with E-state index in [1.165, 1.54) is 44.9 Å². The van der Waals surface area contributed by atoms with Gasteiger partial charge in [-0.1, -0.05) is 75.1 Å². The Morgan fingerprint density at radius 1 is 0.895 bits per heavy atom. The second-order valence-corrected chi connectivity index (χ2v) is 5.74. The number of hydrogen-bond donors (Lipinski definition) is 0. The van der Waals surface area contributed by atoms with E-state index in [1.54, 1.807) is 18.2 Å². The molecule has 0 amide bonds. The molecule has 0 N–H and O–H groups in total. The topological polar surface area (TPSA) is 9.23 Å². The molecule has 0 aliphatic carbocycles. The van der Waals surface area contributed by atoms with E-state index in [4.69, 9.17) is 27.9 Å². The van der Waals surface area contributed by atoms with Gasteiger partial charge >= 0.3 is 0 Å². The second kappa shape index (κ2) is 10.4. The Hall–Kier alpha value is -0.400. The van der Waals surface area contributed by atoms with Crippen molar-refractivity contribution in [2.24, 2.45) is 0 Å². The molecule has 0 bridgehead atoms. The zero-order valence-corrected chi connectivity index (χ0v) is 13.3. The maximum Gasteiger partial charge on any atom is 0.139 e. The van der Waals surface area contributed by atoms with E-state index < -0.39 is 0 Å². The molecule has 0 heterocycles. The summed E-state index contributed by atoms with van der Waals surface area (Å²) in [5, 5.41) is 1.29. The van der Waals surface area contributed by atoms with Crippen molar-refractivity contribution in [3.8, 4) is 5.75 Å². The molecule has 0 fully saturated rings. The van der Waals surface area contributed by atoms with Gasteiger partial charge in [-0.2, -0.15) is 0 Å². The number of hydrogen-bond acceptors (Lipinski definition) is 1. The van der Waals surface area contributed by atoms with Gasteiger partial charge in [0.25, 0.3) is 0 Å². The number of unbranched alkanes of at least 4 members (excludes halogenated alkanes) is 7. The summed E-state index contributed by atoms with van der Waals surface area (Å²) in [5.74, 6) is 0.692. The lowest BCUT2D eigenvalue weighted by Gasteiger charge is -2.08. The quantitative estimate of drug-likeness (QED) is 0.447. The van der Waals surface area contributed by atoms with Crippen molar-refractivity contribution in [1.82, 2.24) is 0 Å². The molecule has 0 saturated heterocycles. The lowest BCUT2D eigenvalue weighted by atomic mass is 10.1. The van der Waals surface area contributed by atoms with Gasteiger partial charge in [-0.05, 0) is 18.6 Å². The molecular formula is C16H24Cl2O. The Morgan fingerprint density at radius 2 is 1.53 bits per heavy atom. The van der Waals surface area contributed by atoms with Crippen LogP contribution >= 0.6 is 23.2 Å². The zero-order chi connectivity index (χ0) is 13.9. The van der Waals surface area contributed by atoms with Crippen molar-refractivity contribution in [2.75, 3.05) is 6.61 Å². The van der Waals surface area contributed by atoms with Crippen molar-refractivity contribution in [2.45, 2.75) is 58.3 Å². The number of rotatable bonds is 10. The molecule has 1 aromatic carbocycles. The maximum absolute atomic E-state index is 6.02. The number of halogens is 2. The average Bonchev–Trinajstić information content (AvgIpc) is 2.40. The smallest absolute Gasteiger partial charge is 0.139 e. The Morgan fingerprint density at radius 3 is 2.21 bits per heavy atom. The van der Waals surface area contributed by atoms with Crippen LogP contribution in [-0.4, -0.2) is 6.61 Å². The first-order valence-electron chi connectivity index (χ1n) is 7.32. The predicted octanol–water partition coefficient (Wildman–Crippen LogP) is 6.51. The summed E-state index contributed by atoms with van der Waals surface area (Å²) in [5.41, 5.74) is 0. The normalized spacial score (nSPS) is 10.7. The van der Waals surface area contributed by atoms with Crippen LogP contribution in [0.1, 0.15) is 58.3 Å². The molecule has 1 aromatic rings. The highest BCUT2D eigenvalue weighted by Gasteiger charge is 2.02. The molecule has 0 saturated carbocycles. The second-order valence-electron chi connectivity index (χ2n) is 4.90. The summed E-state index contributed by atoms with van der Waals surface area (Å²) < 4.78 is 5.65. The SMILES string of the molecule is CCCCCCCCCCOc1cc(Cl)ccc1Cl. The van der Waals surface area contributed by atoms with Gasteiger partial charge in [-0.25, -0.2) is 0 Å². The minimum atomic E-state index is 0.629. The van der Waals surface area contributed by atoms with E-state index >= 15 is 0 Å². The summed E-state index contributed by atoms with van der Waals surface area (Å²) in [7, 11) is 0. The van der Waals surface area contributed by atoms with Gasteiger partial charge in [-0.3, -0.25) is 0 Å². The van der Waals surface area contributed by atoms with Gasteiger partial charge in [0.2, 0.25) is 0 Å². The first kappa shape index (κ1) is 16.7. The monoisotopic (exact) mass is 302 g/mol. The van der Waals surface area contributed by atoms with Gasteiger partial charge in [0.15, 0.2) is 0 Å². The zero-order valence-electron chi connectivity index (χ0n) is 11.8. The molecular weight excluding hydrogens is 279 g/mol. The first-order chi connectivity index (χ1) is 9.24. The summed E-state index contributed by atoms with van der Waals surface area (Å²) in [6, 6.07) is 5.31. The van der Waals surface area contributed by atoms with Crippen molar-refractivity contribution in [3.63, 3.8) is 0 Å². The van der Waals surface area contributed by atoms with Crippen LogP contribution in [0.2, 0.25) is 10.0 Å². The van der Waals surface area contributed by atoms with E-state index in [0.717, 1.165) is 13.0 Å². The van der Waals surface area contributed by atoms with Gasteiger partial charge in [0.05, 0.1) is 11.6 Å². The van der Waals surface area contributed by atoms with Crippen LogP contribution in [0.5, 0.6) is 5.75 Å². The largest absolute Gasteiger partial charge is 0.492 e. The highest BCUT2D eigenvalue weighted by Crippen LogP contribution is 2.27. The maximum atomic E-state index is 6.02. The van der Waals surface area contributed by atoms with Crippen LogP contribution < -0.4 is 4.74 Å². The van der Waals surface area contributed by atoms with Gasteiger partial charge in [0.1, 0.15) is 5.75 Å². The lowest BCUT2D eigenvalue weighted by molar-refractivity contribution is 0.304. The fourth-order valence-corrected chi connectivity index (χ4v) is 2.34. The number of ether oxygens (including phenoxy) is 1. The Labute approximate surface area is 127 Å². The van der Waals surface area contributed by atoms with Crippen LogP contribution in [0, 0.1) is 0 Å². The van der Waals surface area contributed by atoms with E-state index in [-0.39, 0.29) is 0 Å². The summed E-state index contributed by atoms with van der Waals surface area (Å²) >= 11 is 11.9. The van der Waals surface area contributed by atoms with E-state index in [9.17, 15) is 0 Å². The third-order valence-electron chi connectivity index (χ3n) is 3.15. The van der Waals surface area contributed by atoms with Crippen molar-refractivity contribution in [3.05, 3.63) is 28.2 Å². The Bertz CT molecular complexity index is 353. The fourth-order valence-electron chi connectivity index (χ4n) is 2.01. The summed E-state index contributed by atoms with van der Waals surface area (Å²) in [6.45, 7) is 2.97. The van der Waals surface area contributed by atoms with Crippen molar-refractivity contribution >= 4 is 23.2 Å². The van der Waals surface area contributed by atoms with Crippen LogP contribution in [0.3, 0.4) is 0 Å². The molecule has 0 aliphatic heterocycles. The van der Waals surface area contributed by atoms with Gasteiger partial charge < -0.3 is 4.74 Å². The van der Waals surface area contributed by atoms with E-state index in [2.05, 4.69) is 6.92 Å². The van der Waals surface area contributed by atoms with E-state index in [0.29, 0.717) is 15.8 Å². The lowest BCUT2D eigenvalue weighted by Crippen LogP contribution is -1.97. The highest BCUT2D eigenvalue weighted by atomic mass is 35.5. The van der Waals surface area contributed by atoms with Crippen LogP contribution in [0.25, 0.3) is 0 Å². The third-order valence-corrected chi connectivity index (χ3v) is 3.70. The summed E-state index contributed by atoms with van der Waals surface area (Å²) in [6.07, 6.45) is 10.4. The van der Waals surface area contributed by atoms with Crippen LogP contribution in [-0.2, 0) is 0 Å². The molecule has 3 heteroatoms. The molecule has 0 aliphatic rings. The third kappa shape index (κ3) is 7.69. The first-order valence-corrected chi connectivity index (χ1v) is 8.07. The molecule has 0 unspecified atom stereocenters. The van der Waals surface area contributed by atoms with Gasteiger partial charge in [-0.15, -0.1) is 0 Å². The molecule has 0 radical (unpaired) electrons. The minimum Gasteiger partial charge on any atom is -0.492 e. The Balaban J connectivity index is 2.03. The number of benzene rings is 1. The van der Waals surface area contributed by atoms with E-state index in [1.807, 2.05) is 0 Å².